The van der Waals surface area contributed by atoms with Crippen molar-refractivity contribution in [3.05, 3.63) is 64.6 Å². The number of fused-ring (bicyclic) bond motifs is 3. The quantitative estimate of drug-likeness (QED) is 0.695. The van der Waals surface area contributed by atoms with Gasteiger partial charge in [0.05, 0.1) is 5.60 Å². The number of aromatic amines is 1. The topological polar surface area (TPSA) is 60.9 Å². The number of benzene rings is 1. The van der Waals surface area contributed by atoms with E-state index in [-0.39, 0.29) is 0 Å². The number of pyridine rings is 1. The molecule has 0 aliphatic carbocycles. The number of aryl methyl sites for hydroxylation is 1. The van der Waals surface area contributed by atoms with E-state index in [1.54, 1.807) is 12.4 Å². The van der Waals surface area contributed by atoms with Gasteiger partial charge in [0, 0.05) is 60.5 Å². The van der Waals surface area contributed by atoms with Crippen molar-refractivity contribution >= 4 is 10.9 Å². The molecule has 3 N–H and O–H groups in total. The summed E-state index contributed by atoms with van der Waals surface area (Å²) in [4.78, 5) is 7.77. The third-order valence-electron chi connectivity index (χ3n) is 5.00. The fourth-order valence-electron chi connectivity index (χ4n) is 3.77. The summed E-state index contributed by atoms with van der Waals surface area (Å²) in [5, 5.41) is 15.8. The van der Waals surface area contributed by atoms with Crippen LogP contribution in [0.15, 0.2) is 36.7 Å². The van der Waals surface area contributed by atoms with Crippen LogP contribution in [0, 0.1) is 6.92 Å². The average molecular weight is 321 g/mol. The van der Waals surface area contributed by atoms with Crippen LogP contribution in [0.2, 0.25) is 0 Å². The fraction of sp³-hybridized carbons (Fsp3) is 0.350. The van der Waals surface area contributed by atoms with Gasteiger partial charge in [-0.3, -0.25) is 4.98 Å². The Hall–Kier alpha value is -2.17. The molecule has 0 saturated carbocycles. The number of hydrogen-bond acceptors (Lipinski definition) is 3. The van der Waals surface area contributed by atoms with Crippen molar-refractivity contribution in [1.82, 2.24) is 15.3 Å². The summed E-state index contributed by atoms with van der Waals surface area (Å²) in [6.45, 7) is 5.92. The lowest BCUT2D eigenvalue weighted by Crippen LogP contribution is -2.24. The second-order valence-electron chi connectivity index (χ2n) is 7.05. The van der Waals surface area contributed by atoms with Gasteiger partial charge in [-0.15, -0.1) is 0 Å². The Balaban J connectivity index is 1.80. The first-order chi connectivity index (χ1) is 11.5. The van der Waals surface area contributed by atoms with Gasteiger partial charge in [0.1, 0.15) is 0 Å². The molecule has 4 rings (SSSR count). The van der Waals surface area contributed by atoms with Crippen LogP contribution in [0.3, 0.4) is 0 Å². The third-order valence-corrected chi connectivity index (χ3v) is 5.00. The van der Waals surface area contributed by atoms with Gasteiger partial charge in [0.15, 0.2) is 0 Å². The van der Waals surface area contributed by atoms with Crippen LogP contribution in [0.5, 0.6) is 0 Å². The van der Waals surface area contributed by atoms with Crippen LogP contribution in [-0.2, 0) is 25.0 Å². The Labute approximate surface area is 141 Å². The molecule has 0 saturated heterocycles. The minimum absolute atomic E-state index is 0.559. The minimum Gasteiger partial charge on any atom is -0.385 e. The molecule has 0 spiro atoms. The van der Waals surface area contributed by atoms with Gasteiger partial charge >= 0.3 is 0 Å². The van der Waals surface area contributed by atoms with Crippen LogP contribution in [-0.4, -0.2) is 21.6 Å². The van der Waals surface area contributed by atoms with Crippen molar-refractivity contribution in [2.24, 2.45) is 0 Å². The van der Waals surface area contributed by atoms with E-state index >= 15 is 0 Å². The Kier molecular flexibility index (Phi) is 3.66. The summed E-state index contributed by atoms with van der Waals surface area (Å²) in [5.41, 5.74) is 6.16. The second kappa shape index (κ2) is 5.72. The van der Waals surface area contributed by atoms with Gasteiger partial charge in [-0.05, 0) is 37.1 Å². The highest BCUT2D eigenvalue weighted by Gasteiger charge is 2.26. The lowest BCUT2D eigenvalue weighted by Gasteiger charge is -2.24. The largest absolute Gasteiger partial charge is 0.385 e. The van der Waals surface area contributed by atoms with Gasteiger partial charge in [-0.1, -0.05) is 17.7 Å². The zero-order valence-corrected chi connectivity index (χ0v) is 14.2. The van der Waals surface area contributed by atoms with Crippen molar-refractivity contribution in [3.8, 4) is 0 Å². The van der Waals surface area contributed by atoms with Crippen molar-refractivity contribution in [3.63, 3.8) is 0 Å². The van der Waals surface area contributed by atoms with Gasteiger partial charge in [0.2, 0.25) is 0 Å². The molecule has 0 fully saturated rings. The van der Waals surface area contributed by atoms with E-state index in [0.717, 1.165) is 30.6 Å². The molecule has 1 aromatic carbocycles. The highest BCUT2D eigenvalue weighted by Crippen LogP contribution is 2.33. The van der Waals surface area contributed by atoms with E-state index in [9.17, 15) is 5.11 Å². The van der Waals surface area contributed by atoms with Crippen LogP contribution in [0.4, 0.5) is 0 Å². The predicted molar refractivity (Wildman–Crippen MR) is 96.0 cm³/mol. The van der Waals surface area contributed by atoms with Crippen molar-refractivity contribution in [2.75, 3.05) is 6.54 Å². The summed E-state index contributed by atoms with van der Waals surface area (Å²) in [7, 11) is 0. The molecule has 2 aromatic heterocycles. The first kappa shape index (κ1) is 15.4. The molecular weight excluding hydrogens is 298 g/mol. The number of H-pyrrole nitrogens is 1. The SMILES string of the molecule is Cc1cc(CC(C)(O)c2cccnc2)c2[nH]c3c(c2c1)CNCC3. The molecule has 24 heavy (non-hydrogen) atoms. The summed E-state index contributed by atoms with van der Waals surface area (Å²) < 4.78 is 0. The maximum absolute atomic E-state index is 11.0. The Morgan fingerprint density at radius 3 is 3.00 bits per heavy atom. The van der Waals surface area contributed by atoms with Crippen LogP contribution in [0.25, 0.3) is 10.9 Å². The van der Waals surface area contributed by atoms with E-state index in [4.69, 9.17) is 0 Å². The van der Waals surface area contributed by atoms with E-state index in [0.29, 0.717) is 6.42 Å². The molecule has 0 bridgehead atoms. The zero-order chi connectivity index (χ0) is 16.7. The zero-order valence-electron chi connectivity index (χ0n) is 14.2. The van der Waals surface area contributed by atoms with E-state index in [1.807, 2.05) is 19.1 Å². The number of nitrogens with one attached hydrogen (secondary N) is 2. The normalized spacial score (nSPS) is 16.8. The number of hydrogen-bond donors (Lipinski definition) is 3. The summed E-state index contributed by atoms with van der Waals surface area (Å²) in [6.07, 6.45) is 5.07. The molecule has 124 valence electrons. The number of aromatic nitrogens is 2. The third kappa shape index (κ3) is 2.62. The molecule has 3 heterocycles. The van der Waals surface area contributed by atoms with Crippen molar-refractivity contribution < 1.29 is 5.11 Å². The fourth-order valence-corrected chi connectivity index (χ4v) is 3.77. The Morgan fingerprint density at radius 1 is 1.33 bits per heavy atom. The van der Waals surface area contributed by atoms with Crippen molar-refractivity contribution in [2.45, 2.75) is 38.8 Å². The molecule has 3 aromatic rings. The predicted octanol–water partition coefficient (Wildman–Crippen LogP) is 2.97. The number of nitrogens with zero attached hydrogens (tertiary/aromatic N) is 1. The summed E-state index contributed by atoms with van der Waals surface area (Å²) >= 11 is 0. The van der Waals surface area contributed by atoms with Gasteiger partial charge in [-0.2, -0.15) is 0 Å². The van der Waals surface area contributed by atoms with Gasteiger partial charge in [0.25, 0.3) is 0 Å². The molecule has 1 atom stereocenters. The van der Waals surface area contributed by atoms with Gasteiger partial charge in [-0.25, -0.2) is 0 Å². The van der Waals surface area contributed by atoms with Crippen LogP contribution >= 0.6 is 0 Å². The Morgan fingerprint density at radius 2 is 2.21 bits per heavy atom. The summed E-state index contributed by atoms with van der Waals surface area (Å²) in [5.74, 6) is 0. The lowest BCUT2D eigenvalue weighted by molar-refractivity contribution is 0.0575. The summed E-state index contributed by atoms with van der Waals surface area (Å²) in [6, 6.07) is 8.24. The maximum Gasteiger partial charge on any atom is 0.0924 e. The maximum atomic E-state index is 11.0. The minimum atomic E-state index is -0.946. The van der Waals surface area contributed by atoms with Crippen LogP contribution < -0.4 is 5.32 Å². The molecule has 1 aliphatic rings. The molecule has 4 heteroatoms. The second-order valence-corrected chi connectivity index (χ2v) is 7.05. The molecule has 0 radical (unpaired) electrons. The first-order valence-corrected chi connectivity index (χ1v) is 8.51. The highest BCUT2D eigenvalue weighted by molar-refractivity contribution is 5.88. The molecular formula is C20H23N3O. The lowest BCUT2D eigenvalue weighted by atomic mass is 9.88. The first-order valence-electron chi connectivity index (χ1n) is 8.51. The standard InChI is InChI=1S/C20H23N3O/c1-13-8-14(10-20(2,24)15-4-3-6-21-11-15)19-16(9-13)17-12-22-7-5-18(17)23-19/h3-4,6,8-9,11,22-24H,5,7,10,12H2,1-2H3. The number of rotatable bonds is 3. The van der Waals surface area contributed by atoms with Gasteiger partial charge < -0.3 is 15.4 Å². The number of aliphatic hydroxyl groups is 1. The monoisotopic (exact) mass is 321 g/mol. The Bertz CT molecular complexity index is 881. The molecule has 4 nitrogen and oxygen atoms in total. The van der Waals surface area contributed by atoms with Crippen molar-refractivity contribution in [1.29, 1.82) is 0 Å². The smallest absolute Gasteiger partial charge is 0.0924 e. The molecule has 0 amide bonds. The van der Waals surface area contributed by atoms with Crippen LogP contribution in [0.1, 0.15) is 34.9 Å². The van der Waals surface area contributed by atoms with E-state index in [1.165, 1.54) is 27.7 Å². The molecule has 1 aliphatic heterocycles. The molecule has 1 unspecified atom stereocenters. The van der Waals surface area contributed by atoms with E-state index < -0.39 is 5.60 Å². The average Bonchev–Trinajstić information content (AvgIpc) is 2.94. The van der Waals surface area contributed by atoms with E-state index in [2.05, 4.69) is 34.3 Å². The highest BCUT2D eigenvalue weighted by atomic mass is 16.3.